The summed E-state index contributed by atoms with van der Waals surface area (Å²) in [5, 5.41) is 2.21. The Morgan fingerprint density at radius 3 is 3.06 bits per heavy atom. The molecule has 2 rings (SSSR count). The van der Waals surface area contributed by atoms with Crippen molar-refractivity contribution in [2.45, 2.75) is 6.92 Å². The van der Waals surface area contributed by atoms with Crippen molar-refractivity contribution in [3.63, 3.8) is 0 Å². The predicted molar refractivity (Wildman–Crippen MR) is 63.8 cm³/mol. The van der Waals surface area contributed by atoms with Crippen molar-refractivity contribution in [3.05, 3.63) is 39.2 Å². The van der Waals surface area contributed by atoms with Gasteiger partial charge >= 0.3 is 0 Å². The quantitative estimate of drug-likeness (QED) is 0.783. The Kier molecular flexibility index (Phi) is 3.22. The van der Waals surface area contributed by atoms with Gasteiger partial charge in [-0.25, -0.2) is 4.98 Å². The fourth-order valence-electron chi connectivity index (χ4n) is 1.18. The number of hydrogen-bond acceptors (Lipinski definition) is 4. The number of hydrogen-bond donors (Lipinski definition) is 0. The molecule has 0 aliphatic rings. The molecule has 3 nitrogen and oxygen atoms in total. The lowest BCUT2D eigenvalue weighted by atomic mass is 10.3. The third kappa shape index (κ3) is 2.23. The highest BCUT2D eigenvalue weighted by Gasteiger charge is 2.09. The molecule has 0 unspecified atom stereocenters. The zero-order valence-electron chi connectivity index (χ0n) is 8.44. The van der Waals surface area contributed by atoms with E-state index < -0.39 is 0 Å². The second kappa shape index (κ2) is 4.63. The van der Waals surface area contributed by atoms with E-state index >= 15 is 0 Å². The van der Waals surface area contributed by atoms with E-state index in [1.54, 1.807) is 23.7 Å². The topological polar surface area (TPSA) is 39.2 Å². The zero-order valence-corrected chi connectivity index (χ0v) is 10.0. The van der Waals surface area contributed by atoms with Gasteiger partial charge in [-0.1, -0.05) is 11.6 Å². The van der Waals surface area contributed by atoms with Crippen molar-refractivity contribution in [2.75, 3.05) is 0 Å². The number of carbonyl (C=O) groups is 1. The van der Waals surface area contributed by atoms with Crippen LogP contribution >= 0.6 is 22.9 Å². The molecule has 0 spiro atoms. The molecule has 2 heterocycles. The van der Waals surface area contributed by atoms with Gasteiger partial charge in [-0.05, 0) is 30.0 Å². The van der Waals surface area contributed by atoms with Gasteiger partial charge in [0.1, 0.15) is 9.90 Å². The molecule has 2 aromatic heterocycles. The van der Waals surface area contributed by atoms with Crippen molar-refractivity contribution in [2.24, 2.45) is 0 Å². The minimum atomic E-state index is 0.314. The molecule has 0 N–H and O–H groups in total. The molecule has 0 saturated carbocycles. The standard InChI is InChI=1S/C11H8ClNO2S/c1-7-4-8(12)11(13-5-7)15-9-2-3-16-10(9)6-14/h2-6H,1H3. The SMILES string of the molecule is Cc1cnc(Oc2ccsc2C=O)c(Cl)c1. The van der Waals surface area contributed by atoms with Crippen molar-refractivity contribution >= 4 is 29.2 Å². The van der Waals surface area contributed by atoms with E-state index in [1.807, 2.05) is 6.92 Å². The lowest BCUT2D eigenvalue weighted by Crippen LogP contribution is -1.90. The third-order valence-electron chi connectivity index (χ3n) is 1.92. The summed E-state index contributed by atoms with van der Waals surface area (Å²) in [5.41, 5.74) is 0.957. The van der Waals surface area contributed by atoms with Crippen LogP contribution in [0.4, 0.5) is 0 Å². The maximum absolute atomic E-state index is 10.7. The first kappa shape index (κ1) is 11.1. The Hall–Kier alpha value is -1.39. The van der Waals surface area contributed by atoms with Crippen molar-refractivity contribution in [1.82, 2.24) is 4.98 Å². The Balaban J connectivity index is 2.30. The number of aromatic nitrogens is 1. The van der Waals surface area contributed by atoms with Gasteiger partial charge in [0, 0.05) is 6.20 Å². The number of thiophene rings is 1. The molecule has 0 aliphatic heterocycles. The third-order valence-corrected chi connectivity index (χ3v) is 3.01. The van der Waals surface area contributed by atoms with Crippen molar-refractivity contribution in [1.29, 1.82) is 0 Å². The second-order valence-electron chi connectivity index (χ2n) is 3.17. The van der Waals surface area contributed by atoms with Gasteiger partial charge in [-0.2, -0.15) is 0 Å². The molecule has 16 heavy (non-hydrogen) atoms. The van der Waals surface area contributed by atoms with Crippen LogP contribution in [0, 0.1) is 6.92 Å². The average molecular weight is 254 g/mol. The summed E-state index contributed by atoms with van der Waals surface area (Å²) < 4.78 is 5.46. The molecular weight excluding hydrogens is 246 g/mol. The van der Waals surface area contributed by atoms with Crippen LogP contribution in [0.25, 0.3) is 0 Å². The Labute approximate surface area is 102 Å². The lowest BCUT2D eigenvalue weighted by molar-refractivity contribution is 0.112. The van der Waals surface area contributed by atoms with E-state index in [1.165, 1.54) is 11.3 Å². The van der Waals surface area contributed by atoms with E-state index in [0.717, 1.165) is 11.8 Å². The molecule has 0 radical (unpaired) electrons. The summed E-state index contributed by atoms with van der Waals surface area (Å²) in [5.74, 6) is 0.798. The highest BCUT2D eigenvalue weighted by atomic mass is 35.5. The number of aryl methyl sites for hydroxylation is 1. The number of aldehydes is 1. The molecule has 2 aromatic rings. The summed E-state index contributed by atoms with van der Waals surface area (Å²) in [4.78, 5) is 15.3. The smallest absolute Gasteiger partial charge is 0.238 e. The first-order valence-electron chi connectivity index (χ1n) is 4.53. The van der Waals surface area contributed by atoms with Gasteiger partial charge in [0.05, 0.1) is 0 Å². The lowest BCUT2D eigenvalue weighted by Gasteiger charge is -2.05. The van der Waals surface area contributed by atoms with E-state index in [-0.39, 0.29) is 0 Å². The van der Waals surface area contributed by atoms with Gasteiger partial charge in [0.25, 0.3) is 0 Å². The van der Waals surface area contributed by atoms with Crippen LogP contribution in [-0.4, -0.2) is 11.3 Å². The van der Waals surface area contributed by atoms with Gasteiger partial charge in [0.2, 0.25) is 5.88 Å². The number of pyridine rings is 1. The molecule has 0 fully saturated rings. The van der Waals surface area contributed by atoms with Crippen molar-refractivity contribution in [3.8, 4) is 11.6 Å². The number of ether oxygens (including phenoxy) is 1. The molecule has 82 valence electrons. The van der Waals surface area contributed by atoms with Gasteiger partial charge in [-0.3, -0.25) is 4.79 Å². The number of rotatable bonds is 3. The molecule has 5 heteroatoms. The number of carbonyl (C=O) groups excluding carboxylic acids is 1. The Bertz CT molecular complexity index is 524. The molecule has 0 aromatic carbocycles. The van der Waals surface area contributed by atoms with Gasteiger partial charge in [0.15, 0.2) is 12.0 Å². The summed E-state index contributed by atoms with van der Waals surface area (Å²) in [6.07, 6.45) is 2.41. The predicted octanol–water partition coefficient (Wildman–Crippen LogP) is 3.71. The van der Waals surface area contributed by atoms with Crippen LogP contribution in [0.3, 0.4) is 0 Å². The van der Waals surface area contributed by atoms with Crippen LogP contribution in [-0.2, 0) is 0 Å². The van der Waals surface area contributed by atoms with Crippen molar-refractivity contribution < 1.29 is 9.53 Å². The average Bonchev–Trinajstić information content (AvgIpc) is 2.69. The van der Waals surface area contributed by atoms with Crippen LogP contribution in [0.15, 0.2) is 23.7 Å². The van der Waals surface area contributed by atoms with Gasteiger partial charge in [-0.15, -0.1) is 11.3 Å². The summed E-state index contributed by atoms with van der Waals surface area (Å²) in [6.45, 7) is 1.89. The molecule has 0 atom stereocenters. The minimum Gasteiger partial charge on any atom is -0.436 e. The molecule has 0 bridgehead atoms. The fraction of sp³-hybridized carbons (Fsp3) is 0.0909. The first-order valence-corrected chi connectivity index (χ1v) is 5.79. The maximum Gasteiger partial charge on any atom is 0.238 e. The van der Waals surface area contributed by atoms with E-state index in [9.17, 15) is 4.79 Å². The number of halogens is 1. The summed E-state index contributed by atoms with van der Waals surface area (Å²) >= 11 is 7.28. The minimum absolute atomic E-state index is 0.314. The molecule has 0 saturated heterocycles. The van der Waals surface area contributed by atoms with Crippen LogP contribution < -0.4 is 4.74 Å². The van der Waals surface area contributed by atoms with Crippen LogP contribution in [0.1, 0.15) is 15.2 Å². The zero-order chi connectivity index (χ0) is 11.5. The normalized spacial score (nSPS) is 10.1. The van der Waals surface area contributed by atoms with Crippen LogP contribution in [0.2, 0.25) is 5.02 Å². The van der Waals surface area contributed by atoms with Gasteiger partial charge < -0.3 is 4.74 Å². The van der Waals surface area contributed by atoms with E-state index in [2.05, 4.69) is 4.98 Å². The molecular formula is C11H8ClNO2S. The highest BCUT2D eigenvalue weighted by molar-refractivity contribution is 7.12. The Morgan fingerprint density at radius 2 is 2.38 bits per heavy atom. The second-order valence-corrected chi connectivity index (χ2v) is 4.52. The van der Waals surface area contributed by atoms with Crippen LogP contribution in [0.5, 0.6) is 11.6 Å². The number of nitrogens with zero attached hydrogens (tertiary/aromatic N) is 1. The molecule has 0 aliphatic carbocycles. The maximum atomic E-state index is 10.7. The van der Waals surface area contributed by atoms with E-state index in [0.29, 0.717) is 21.5 Å². The highest BCUT2D eigenvalue weighted by Crippen LogP contribution is 2.31. The fourth-order valence-corrected chi connectivity index (χ4v) is 2.06. The first-order chi connectivity index (χ1) is 7.70. The monoisotopic (exact) mass is 253 g/mol. The molecule has 0 amide bonds. The Morgan fingerprint density at radius 1 is 1.56 bits per heavy atom. The largest absolute Gasteiger partial charge is 0.436 e. The summed E-state index contributed by atoms with van der Waals surface area (Å²) in [7, 11) is 0. The van der Waals surface area contributed by atoms with E-state index in [4.69, 9.17) is 16.3 Å². The summed E-state index contributed by atoms with van der Waals surface area (Å²) in [6, 6.07) is 3.48.